The van der Waals surface area contributed by atoms with Crippen molar-refractivity contribution in [2.45, 2.75) is 12.8 Å². The summed E-state index contributed by atoms with van der Waals surface area (Å²) in [5.41, 5.74) is 0.618. The predicted octanol–water partition coefficient (Wildman–Crippen LogP) is 3.20. The van der Waals surface area contributed by atoms with Gasteiger partial charge in [0.05, 0.1) is 22.3 Å². The summed E-state index contributed by atoms with van der Waals surface area (Å²) in [6.45, 7) is 1.72. The molecule has 156 valence electrons. The molecule has 2 unspecified atom stereocenters. The van der Waals surface area contributed by atoms with Crippen LogP contribution in [0.15, 0.2) is 40.2 Å². The minimum absolute atomic E-state index is 0.0136. The van der Waals surface area contributed by atoms with Gasteiger partial charge in [0.1, 0.15) is 16.9 Å². The summed E-state index contributed by atoms with van der Waals surface area (Å²) in [5, 5.41) is 41.3. The number of Topliss-reactive ketones (excluding diaryl/α,β-unsaturated/α-hetero) is 2. The molecular weight excluding hydrogens is 408 g/mol. The molecule has 2 aliphatic rings. The number of carbonyl (C=O) groups is 3. The average Bonchev–Trinajstić information content (AvgIpc) is 3.09. The smallest absolute Gasteiger partial charge is 0.298 e. The molecule has 2 atom stereocenters. The maximum Gasteiger partial charge on any atom is 0.298 e. The topological polar surface area (TPSA) is 154 Å². The number of furan rings is 1. The fourth-order valence-electron chi connectivity index (χ4n) is 4.39. The van der Waals surface area contributed by atoms with Gasteiger partial charge in [-0.1, -0.05) is 0 Å². The van der Waals surface area contributed by atoms with Gasteiger partial charge in [0.2, 0.25) is 11.6 Å². The summed E-state index contributed by atoms with van der Waals surface area (Å²) in [5.74, 6) is -5.84. The number of benzene rings is 2. The number of allylic oxidation sites excluding steroid dienone is 2. The highest BCUT2D eigenvalue weighted by Crippen LogP contribution is 2.50. The van der Waals surface area contributed by atoms with E-state index >= 15 is 0 Å². The zero-order valence-corrected chi connectivity index (χ0v) is 15.9. The monoisotopic (exact) mass is 422 g/mol. The van der Waals surface area contributed by atoms with Gasteiger partial charge in [-0.3, -0.25) is 14.4 Å². The first-order valence-corrected chi connectivity index (χ1v) is 9.20. The van der Waals surface area contributed by atoms with Gasteiger partial charge < -0.3 is 29.6 Å². The number of hydrogen-bond acceptors (Lipinski definition) is 9. The Morgan fingerprint density at radius 2 is 1.55 bits per heavy atom. The van der Waals surface area contributed by atoms with E-state index in [4.69, 9.17) is 9.15 Å². The van der Waals surface area contributed by atoms with Crippen LogP contribution in [0.1, 0.15) is 27.4 Å². The number of ether oxygens (including phenoxy) is 1. The number of phenols is 2. The number of phenolic OH excluding ortho intramolecular Hbond substituents is 2. The van der Waals surface area contributed by atoms with Crippen molar-refractivity contribution < 1.29 is 44.0 Å². The Hall–Kier alpha value is -4.27. The van der Waals surface area contributed by atoms with Crippen LogP contribution in [0.2, 0.25) is 0 Å². The molecule has 1 aromatic heterocycles. The molecule has 31 heavy (non-hydrogen) atoms. The van der Waals surface area contributed by atoms with E-state index in [1.165, 1.54) is 18.2 Å². The molecule has 0 aliphatic heterocycles. The van der Waals surface area contributed by atoms with Crippen molar-refractivity contribution in [1.29, 1.82) is 0 Å². The number of aryl methyl sites for hydroxylation is 1. The van der Waals surface area contributed by atoms with Gasteiger partial charge in [-0.05, 0) is 42.3 Å². The molecule has 9 nitrogen and oxygen atoms in total. The van der Waals surface area contributed by atoms with Crippen LogP contribution in [0.4, 0.5) is 0 Å². The maximum atomic E-state index is 12.8. The van der Waals surface area contributed by atoms with Crippen LogP contribution in [0.25, 0.3) is 21.9 Å². The molecule has 0 spiro atoms. The zero-order valence-electron chi connectivity index (χ0n) is 15.9. The first-order valence-electron chi connectivity index (χ1n) is 9.20. The molecule has 5 rings (SSSR count). The van der Waals surface area contributed by atoms with Gasteiger partial charge in [0.25, 0.3) is 6.47 Å². The summed E-state index contributed by atoms with van der Waals surface area (Å²) >= 11 is 0. The van der Waals surface area contributed by atoms with E-state index in [-0.39, 0.29) is 45.3 Å². The van der Waals surface area contributed by atoms with Gasteiger partial charge in [-0.15, -0.1) is 0 Å². The van der Waals surface area contributed by atoms with Gasteiger partial charge in [-0.25, -0.2) is 0 Å². The summed E-state index contributed by atoms with van der Waals surface area (Å²) in [7, 11) is 0. The molecule has 0 saturated carbocycles. The number of aliphatic hydroxyl groups is 2. The Bertz CT molecular complexity index is 1420. The summed E-state index contributed by atoms with van der Waals surface area (Å²) in [4.78, 5) is 36.3. The van der Waals surface area contributed by atoms with Crippen LogP contribution in [0, 0.1) is 12.8 Å². The van der Waals surface area contributed by atoms with Gasteiger partial charge in [0, 0.05) is 5.92 Å². The van der Waals surface area contributed by atoms with Crippen molar-refractivity contribution in [3.8, 4) is 17.2 Å². The lowest BCUT2D eigenvalue weighted by Gasteiger charge is -2.30. The lowest BCUT2D eigenvalue weighted by Crippen LogP contribution is -2.35. The minimum atomic E-state index is -1.04. The summed E-state index contributed by atoms with van der Waals surface area (Å²) in [6.07, 6.45) is 2.33. The third-order valence-corrected chi connectivity index (χ3v) is 5.77. The van der Waals surface area contributed by atoms with E-state index in [0.717, 1.165) is 6.08 Å². The van der Waals surface area contributed by atoms with Crippen LogP contribution in [0.5, 0.6) is 17.2 Å². The van der Waals surface area contributed by atoms with Crippen molar-refractivity contribution in [2.24, 2.45) is 5.92 Å². The van der Waals surface area contributed by atoms with E-state index < -0.39 is 46.4 Å². The Balaban J connectivity index is 1.88. The Morgan fingerprint density at radius 3 is 2.23 bits per heavy atom. The van der Waals surface area contributed by atoms with Crippen LogP contribution < -0.4 is 4.74 Å². The number of ketones is 2. The Kier molecular flexibility index (Phi) is 3.70. The largest absolute Gasteiger partial charge is 0.506 e. The van der Waals surface area contributed by atoms with Crippen molar-refractivity contribution in [3.05, 3.63) is 52.5 Å². The van der Waals surface area contributed by atoms with Crippen molar-refractivity contribution in [3.63, 3.8) is 0 Å². The Labute approximate surface area is 173 Å². The SMILES string of the molecule is Cc1cc2oc3cc4c(c(O)c3c2c(O)c1OC=O)C(=O)C(=O)C1C=C(O)C(O)=CC41. The van der Waals surface area contributed by atoms with Gasteiger partial charge in [-0.2, -0.15) is 0 Å². The van der Waals surface area contributed by atoms with Crippen molar-refractivity contribution in [1.82, 2.24) is 0 Å². The van der Waals surface area contributed by atoms with E-state index in [1.807, 2.05) is 0 Å². The number of rotatable bonds is 2. The molecular formula is C22H14O9. The van der Waals surface area contributed by atoms with Crippen LogP contribution in [-0.4, -0.2) is 38.5 Å². The van der Waals surface area contributed by atoms with E-state index in [2.05, 4.69) is 0 Å². The van der Waals surface area contributed by atoms with Crippen molar-refractivity contribution >= 4 is 40.0 Å². The average molecular weight is 422 g/mol. The minimum Gasteiger partial charge on any atom is -0.506 e. The van der Waals surface area contributed by atoms with Gasteiger partial charge >= 0.3 is 0 Å². The first kappa shape index (κ1) is 18.7. The van der Waals surface area contributed by atoms with E-state index in [9.17, 15) is 34.8 Å². The molecule has 0 saturated heterocycles. The number of hydrogen-bond donors (Lipinski definition) is 4. The zero-order chi connectivity index (χ0) is 22.2. The third-order valence-electron chi connectivity index (χ3n) is 5.77. The second kappa shape index (κ2) is 6.11. The molecule has 9 heteroatoms. The molecule has 2 aliphatic carbocycles. The molecule has 0 bridgehead atoms. The highest BCUT2D eigenvalue weighted by molar-refractivity contribution is 6.47. The molecule has 0 amide bonds. The van der Waals surface area contributed by atoms with Crippen LogP contribution >= 0.6 is 0 Å². The number of carbonyl (C=O) groups excluding carboxylic acids is 3. The Morgan fingerprint density at radius 1 is 0.935 bits per heavy atom. The van der Waals surface area contributed by atoms with E-state index in [1.54, 1.807) is 6.92 Å². The number of aromatic hydroxyl groups is 2. The molecule has 0 radical (unpaired) electrons. The third kappa shape index (κ3) is 2.34. The quantitative estimate of drug-likeness (QED) is 0.360. The molecule has 2 aromatic carbocycles. The second-order valence-electron chi connectivity index (χ2n) is 7.47. The number of fused-ring (bicyclic) bond motifs is 6. The molecule has 1 heterocycles. The highest BCUT2D eigenvalue weighted by atomic mass is 16.5. The molecule has 4 N–H and O–H groups in total. The van der Waals surface area contributed by atoms with Crippen molar-refractivity contribution in [2.75, 3.05) is 0 Å². The van der Waals surface area contributed by atoms with Crippen LogP contribution in [0.3, 0.4) is 0 Å². The first-order chi connectivity index (χ1) is 14.7. The maximum absolute atomic E-state index is 12.8. The molecule has 3 aromatic rings. The lowest BCUT2D eigenvalue weighted by atomic mass is 9.71. The fourth-order valence-corrected chi connectivity index (χ4v) is 4.39. The standard InChI is InChI=1S/C22H14O9/c1-7-2-13-17(21(29)22(7)30-6-23)16-14(31-13)5-9-8-3-11(24)12(25)4-10(8)18(26)20(28)15(9)19(16)27/h2-6,8,10,24-25,27,29H,1H3. The molecule has 0 fully saturated rings. The fraction of sp³-hybridized carbons (Fsp3) is 0.136. The summed E-state index contributed by atoms with van der Waals surface area (Å²) < 4.78 is 10.6. The normalized spacial score (nSPS) is 20.3. The van der Waals surface area contributed by atoms with E-state index in [0.29, 0.717) is 5.56 Å². The number of aliphatic hydroxyl groups excluding tert-OH is 2. The summed E-state index contributed by atoms with van der Waals surface area (Å²) in [6, 6.07) is 2.94. The van der Waals surface area contributed by atoms with Gasteiger partial charge in [0.15, 0.2) is 23.0 Å². The van der Waals surface area contributed by atoms with Crippen LogP contribution in [-0.2, 0) is 9.59 Å². The highest BCUT2D eigenvalue weighted by Gasteiger charge is 2.44. The lowest BCUT2D eigenvalue weighted by molar-refractivity contribution is -0.121. The second-order valence-corrected chi connectivity index (χ2v) is 7.47. The predicted molar refractivity (Wildman–Crippen MR) is 105 cm³/mol.